The van der Waals surface area contributed by atoms with Crippen molar-refractivity contribution in [2.75, 3.05) is 65.5 Å². The van der Waals surface area contributed by atoms with Gasteiger partial charge >= 0.3 is 0 Å². The van der Waals surface area contributed by atoms with Gasteiger partial charge in [-0.3, -0.25) is 14.4 Å². The number of amides is 3. The number of nitrogens with zero attached hydrogens (tertiary/aromatic N) is 3. The molecule has 63 heavy (non-hydrogen) atoms. The molecule has 2 aliphatic heterocycles. The number of carbonyl (C=O) groups is 3. The van der Waals surface area contributed by atoms with Crippen LogP contribution in [0.1, 0.15) is 78.0 Å². The fourth-order valence-corrected chi connectivity index (χ4v) is 6.86. The third kappa shape index (κ3) is 16.8. The van der Waals surface area contributed by atoms with Gasteiger partial charge in [0.15, 0.2) is 0 Å². The second kappa shape index (κ2) is 29.5. The lowest BCUT2D eigenvalue weighted by Crippen LogP contribution is -2.49. The average Bonchev–Trinajstić information content (AvgIpc) is 3.29. The van der Waals surface area contributed by atoms with Crippen LogP contribution in [0, 0.1) is 0 Å². The van der Waals surface area contributed by atoms with Crippen molar-refractivity contribution < 1.29 is 27.9 Å². The summed E-state index contributed by atoms with van der Waals surface area (Å²) in [7, 11) is 3.36. The number of halogens is 3. The first-order valence-corrected chi connectivity index (χ1v) is 21.7. The van der Waals surface area contributed by atoms with Gasteiger partial charge in [-0.15, -0.1) is 5.73 Å². The van der Waals surface area contributed by atoms with Gasteiger partial charge in [0.1, 0.15) is 5.70 Å². The molecule has 0 radical (unpaired) electrons. The highest BCUT2D eigenvalue weighted by Gasteiger charge is 2.30. The number of anilines is 1. The largest absolute Gasteiger partial charge is 0.384 e. The second-order valence-corrected chi connectivity index (χ2v) is 13.9. The van der Waals surface area contributed by atoms with Gasteiger partial charge in [-0.05, 0) is 49.1 Å². The van der Waals surface area contributed by atoms with E-state index in [1.807, 2.05) is 71.9 Å². The summed E-state index contributed by atoms with van der Waals surface area (Å²) in [6.07, 6.45) is 8.84. The van der Waals surface area contributed by atoms with Crippen LogP contribution in [0.3, 0.4) is 0 Å². The molecule has 0 saturated carbocycles. The van der Waals surface area contributed by atoms with Gasteiger partial charge in [-0.2, -0.15) is 0 Å². The van der Waals surface area contributed by atoms with Crippen LogP contribution >= 0.6 is 11.6 Å². The topological polar surface area (TPSA) is 144 Å². The lowest BCUT2D eigenvalue weighted by Gasteiger charge is -2.40. The van der Waals surface area contributed by atoms with E-state index in [9.17, 15) is 18.4 Å². The molecule has 2 aliphatic rings. The Morgan fingerprint density at radius 3 is 2.22 bits per heavy atom. The number of benzene rings is 2. The zero-order chi connectivity index (χ0) is 47.5. The zero-order valence-corrected chi connectivity index (χ0v) is 39.4. The van der Waals surface area contributed by atoms with Crippen LogP contribution in [-0.4, -0.2) is 93.1 Å². The number of carbonyl (C=O) groups excluding carboxylic acids is 3. The first-order valence-electron chi connectivity index (χ1n) is 21.3. The molecule has 6 N–H and O–H groups in total. The summed E-state index contributed by atoms with van der Waals surface area (Å²) in [6.45, 7) is 24.3. The van der Waals surface area contributed by atoms with Gasteiger partial charge in [0.2, 0.25) is 6.41 Å². The van der Waals surface area contributed by atoms with Gasteiger partial charge in [-0.25, -0.2) is 8.78 Å². The minimum atomic E-state index is -3.04. The number of primary amides is 1. The highest BCUT2D eigenvalue weighted by molar-refractivity contribution is 6.31. The van der Waals surface area contributed by atoms with Crippen molar-refractivity contribution in [3.8, 4) is 0 Å². The Morgan fingerprint density at radius 2 is 1.70 bits per heavy atom. The number of hydrogen-bond donors (Lipinski definition) is 5. The third-order valence-corrected chi connectivity index (χ3v) is 9.99. The van der Waals surface area contributed by atoms with Gasteiger partial charge in [0, 0.05) is 81.3 Å². The van der Waals surface area contributed by atoms with E-state index in [4.69, 9.17) is 21.1 Å². The molecule has 2 aromatic carbocycles. The summed E-state index contributed by atoms with van der Waals surface area (Å²) in [5, 5.41) is 13.0. The van der Waals surface area contributed by atoms with Crippen LogP contribution in [0.5, 0.6) is 0 Å². The van der Waals surface area contributed by atoms with E-state index in [1.54, 1.807) is 37.2 Å². The summed E-state index contributed by atoms with van der Waals surface area (Å²) >= 11 is 6.48. The Hall–Kier alpha value is -5.82. The van der Waals surface area contributed by atoms with Crippen molar-refractivity contribution in [3.05, 3.63) is 136 Å². The smallest absolute Gasteiger partial charge is 0.271 e. The predicted octanol–water partition coefficient (Wildman–Crippen LogP) is 8.24. The predicted molar refractivity (Wildman–Crippen MR) is 254 cm³/mol. The number of ether oxygens (including phenoxy) is 1. The molecular formula is C48H69ClF2N8O4. The molecule has 12 nitrogen and oxygen atoms in total. The van der Waals surface area contributed by atoms with E-state index in [0.717, 1.165) is 36.0 Å². The number of alkyl halides is 2. The third-order valence-electron chi connectivity index (χ3n) is 9.64. The van der Waals surface area contributed by atoms with Crippen molar-refractivity contribution in [2.24, 2.45) is 5.73 Å². The average molecular weight is 896 g/mol. The maximum absolute atomic E-state index is 14.5. The standard InChI is InChI=1S/C43H54ClF2N7O3.2C2H6.CH3NO/c1-8-14-38(47-6)41(54)50-37-16-13-12-15-33(37)39(11-4)52-21-23-53(24-22-52)40(36(10-3)49-29-48-35(9-2)30-19-25-56-26-20-30)42(55)51(7)28-31-17-18-32(27-34(31)44)43(5,45)46;2*1-2;2-1-3/h8-9,12-19,27,47-49H,1,4,10,20-26,28-29H2,2-3,5-7H3,(H,50,54);2*1-2H3;1H,(H2,2,3)/b35-9?,38-14-,40-36+;;;. The van der Waals surface area contributed by atoms with Crippen LogP contribution in [0.15, 0.2) is 114 Å². The highest BCUT2D eigenvalue weighted by atomic mass is 35.5. The Labute approximate surface area is 379 Å². The minimum Gasteiger partial charge on any atom is -0.384 e. The van der Waals surface area contributed by atoms with E-state index in [-0.39, 0.29) is 35.4 Å². The van der Waals surface area contributed by atoms with Gasteiger partial charge < -0.3 is 46.4 Å². The molecule has 0 atom stereocenters. The molecule has 3 amide bonds. The molecule has 0 aliphatic carbocycles. The summed E-state index contributed by atoms with van der Waals surface area (Å²) in [5.74, 6) is -3.59. The maximum Gasteiger partial charge on any atom is 0.271 e. The molecule has 2 heterocycles. The monoisotopic (exact) mass is 895 g/mol. The Morgan fingerprint density at radius 1 is 1.06 bits per heavy atom. The lowest BCUT2D eigenvalue weighted by atomic mass is 10.1. The molecule has 4 rings (SSSR count). The SMILES string of the molecule is C=C=C(c1ccccc1NC(=O)/C(=C/C=C)NC)N1CCN(/C(C(=O)N(C)Cc2ccc(C(C)(F)F)cc2Cl)=C(\CC)NCNC(=CC)C2=CCOCC2)CC1.CC.CC.NC=O. The quantitative estimate of drug-likeness (QED) is 0.0349. The Kier molecular flexibility index (Phi) is 25.8. The fraction of sp³-hybridized carbons (Fsp3) is 0.417. The Balaban J connectivity index is 0.00000268. The first-order chi connectivity index (χ1) is 30.3. The molecule has 1 fully saturated rings. The number of allylic oxidation sites excluding steroid dienone is 5. The van der Waals surface area contributed by atoms with E-state index < -0.39 is 5.92 Å². The van der Waals surface area contributed by atoms with Gasteiger partial charge in [0.25, 0.3) is 17.7 Å². The van der Waals surface area contributed by atoms with Crippen molar-refractivity contribution in [1.29, 1.82) is 0 Å². The minimum absolute atomic E-state index is 0.119. The highest BCUT2D eigenvalue weighted by Crippen LogP contribution is 2.32. The molecule has 2 aromatic rings. The van der Waals surface area contributed by atoms with Crippen LogP contribution in [0.4, 0.5) is 14.5 Å². The van der Waals surface area contributed by atoms with E-state index in [0.29, 0.717) is 75.1 Å². The Bertz CT molecular complexity index is 1980. The summed E-state index contributed by atoms with van der Waals surface area (Å²) < 4.78 is 33.5. The molecule has 0 spiro atoms. The van der Waals surface area contributed by atoms with Crippen molar-refractivity contribution in [3.63, 3.8) is 0 Å². The second-order valence-electron chi connectivity index (χ2n) is 13.5. The summed E-state index contributed by atoms with van der Waals surface area (Å²) in [6, 6.07) is 11.6. The number of hydrogen-bond acceptors (Lipinski definition) is 9. The van der Waals surface area contributed by atoms with E-state index in [2.05, 4.69) is 61.8 Å². The lowest BCUT2D eigenvalue weighted by molar-refractivity contribution is -0.128. The molecular weight excluding hydrogens is 826 g/mol. The molecule has 0 bridgehead atoms. The van der Waals surface area contributed by atoms with Crippen molar-refractivity contribution in [2.45, 2.75) is 73.8 Å². The fourth-order valence-electron chi connectivity index (χ4n) is 6.62. The number of rotatable bonds is 17. The number of nitrogens with one attached hydrogen (secondary N) is 4. The number of likely N-dealkylation sites (N-methyl/N-ethyl adjacent to an activating group) is 2. The molecule has 1 saturated heterocycles. The maximum atomic E-state index is 14.5. The zero-order valence-electron chi connectivity index (χ0n) is 38.6. The summed E-state index contributed by atoms with van der Waals surface area (Å²) in [5.41, 5.74) is 13.5. The van der Waals surface area contributed by atoms with E-state index in [1.165, 1.54) is 17.7 Å². The normalized spacial score (nSPS) is 14.2. The van der Waals surface area contributed by atoms with Crippen LogP contribution in [-0.2, 0) is 31.6 Å². The van der Waals surface area contributed by atoms with Crippen LogP contribution < -0.4 is 27.0 Å². The molecule has 346 valence electrons. The van der Waals surface area contributed by atoms with E-state index >= 15 is 0 Å². The number of piperazine rings is 1. The summed E-state index contributed by atoms with van der Waals surface area (Å²) in [4.78, 5) is 41.9. The van der Waals surface area contributed by atoms with Gasteiger partial charge in [-0.1, -0.05) is 108 Å². The van der Waals surface area contributed by atoms with Crippen LogP contribution in [0.25, 0.3) is 5.70 Å². The van der Waals surface area contributed by atoms with Crippen molar-refractivity contribution in [1.82, 2.24) is 30.7 Å². The van der Waals surface area contributed by atoms with Crippen molar-refractivity contribution >= 4 is 41.2 Å². The van der Waals surface area contributed by atoms with Gasteiger partial charge in [0.05, 0.1) is 37.0 Å². The molecule has 0 aromatic heterocycles. The number of nitrogens with two attached hydrogens (primary N) is 1. The molecule has 0 unspecified atom stereocenters. The first kappa shape index (κ1) is 55.2. The molecule has 15 heteroatoms. The number of para-hydroxylation sites is 1. The van der Waals surface area contributed by atoms with Crippen LogP contribution in [0.2, 0.25) is 5.02 Å².